The fourth-order valence-electron chi connectivity index (χ4n) is 1.74. The van der Waals surface area contributed by atoms with Crippen LogP contribution in [0.15, 0.2) is 10.7 Å². The number of carbonyl (C=O) groups excluding carboxylic acids is 1. The Morgan fingerprint density at radius 2 is 2.20 bits per heavy atom. The molecule has 0 saturated carbocycles. The third-order valence-corrected chi connectivity index (χ3v) is 2.80. The molecule has 0 radical (unpaired) electrons. The maximum absolute atomic E-state index is 10.5. The minimum absolute atomic E-state index is 0.813. The zero-order valence-electron chi connectivity index (χ0n) is 8.85. The van der Waals surface area contributed by atoms with E-state index < -0.39 is 0 Å². The van der Waals surface area contributed by atoms with E-state index in [4.69, 9.17) is 4.52 Å². The van der Waals surface area contributed by atoms with Gasteiger partial charge in [0.05, 0.1) is 6.20 Å². The van der Waals surface area contributed by atoms with E-state index in [2.05, 4.69) is 10.1 Å². The van der Waals surface area contributed by atoms with Gasteiger partial charge in [0.25, 0.3) is 0 Å². The van der Waals surface area contributed by atoms with Gasteiger partial charge in [0.15, 0.2) is 0 Å². The van der Waals surface area contributed by atoms with Crippen LogP contribution in [-0.4, -0.2) is 47.5 Å². The topological polar surface area (TPSA) is 49.6 Å². The Morgan fingerprint density at radius 3 is 2.73 bits per heavy atom. The summed E-state index contributed by atoms with van der Waals surface area (Å²) in [6, 6.07) is 0. The number of piperazine rings is 1. The van der Waals surface area contributed by atoms with Crippen LogP contribution in [0.3, 0.4) is 0 Å². The van der Waals surface area contributed by atoms with Crippen LogP contribution in [-0.2, 0) is 11.3 Å². The Hall–Kier alpha value is -1.36. The van der Waals surface area contributed by atoms with Crippen LogP contribution in [0.5, 0.6) is 0 Å². The van der Waals surface area contributed by atoms with E-state index in [-0.39, 0.29) is 0 Å². The Bertz CT molecular complexity index is 329. The van der Waals surface area contributed by atoms with Gasteiger partial charge in [-0.25, -0.2) is 0 Å². The Balaban J connectivity index is 1.87. The van der Waals surface area contributed by atoms with Crippen LogP contribution in [0.25, 0.3) is 0 Å². The maximum atomic E-state index is 10.5. The molecule has 1 aromatic rings. The number of amides is 1. The number of rotatable bonds is 3. The van der Waals surface area contributed by atoms with Crippen LogP contribution >= 0.6 is 0 Å². The molecule has 0 unspecified atom stereocenters. The van der Waals surface area contributed by atoms with Crippen molar-refractivity contribution in [2.24, 2.45) is 0 Å². The summed E-state index contributed by atoms with van der Waals surface area (Å²) in [6.07, 6.45) is 2.68. The van der Waals surface area contributed by atoms with E-state index >= 15 is 0 Å². The molecule has 0 aliphatic carbocycles. The van der Waals surface area contributed by atoms with E-state index in [1.165, 1.54) is 0 Å². The molecule has 2 heterocycles. The smallest absolute Gasteiger partial charge is 0.209 e. The van der Waals surface area contributed by atoms with Crippen molar-refractivity contribution in [3.05, 3.63) is 17.5 Å². The molecule has 82 valence electrons. The van der Waals surface area contributed by atoms with Gasteiger partial charge in [-0.05, 0) is 6.92 Å². The number of nitrogens with zero attached hydrogens (tertiary/aromatic N) is 3. The van der Waals surface area contributed by atoms with Crippen molar-refractivity contribution in [1.82, 2.24) is 15.0 Å². The SMILES string of the molecule is Cc1oncc1CN1CCN(C=O)CC1. The molecular formula is C10H15N3O2. The number of carbonyl (C=O) groups is 1. The predicted molar refractivity (Wildman–Crippen MR) is 54.2 cm³/mol. The quantitative estimate of drug-likeness (QED) is 0.670. The first-order valence-electron chi connectivity index (χ1n) is 5.11. The van der Waals surface area contributed by atoms with Gasteiger partial charge in [0.1, 0.15) is 5.76 Å². The minimum Gasteiger partial charge on any atom is -0.361 e. The van der Waals surface area contributed by atoms with Crippen LogP contribution in [0, 0.1) is 6.92 Å². The lowest BCUT2D eigenvalue weighted by Gasteiger charge is -2.32. The van der Waals surface area contributed by atoms with Crippen LogP contribution in [0.2, 0.25) is 0 Å². The standard InChI is InChI=1S/C10H15N3O2/c1-9-10(6-11-15-9)7-12-2-4-13(8-14)5-3-12/h6,8H,2-5,7H2,1H3. The van der Waals surface area contributed by atoms with Crippen molar-refractivity contribution in [3.63, 3.8) is 0 Å². The van der Waals surface area contributed by atoms with Crippen molar-refractivity contribution in [1.29, 1.82) is 0 Å². The van der Waals surface area contributed by atoms with E-state index in [0.717, 1.165) is 50.5 Å². The molecule has 1 fully saturated rings. The second kappa shape index (κ2) is 4.44. The summed E-state index contributed by atoms with van der Waals surface area (Å²) in [5.74, 6) is 0.882. The lowest BCUT2D eigenvalue weighted by atomic mass is 10.2. The fraction of sp³-hybridized carbons (Fsp3) is 0.600. The highest BCUT2D eigenvalue weighted by molar-refractivity contribution is 5.47. The molecule has 0 aromatic carbocycles. The first-order chi connectivity index (χ1) is 7.29. The second-order valence-electron chi connectivity index (χ2n) is 3.82. The van der Waals surface area contributed by atoms with Crippen molar-refractivity contribution >= 4 is 6.41 Å². The third kappa shape index (κ3) is 2.36. The van der Waals surface area contributed by atoms with Gasteiger partial charge in [-0.3, -0.25) is 9.69 Å². The highest BCUT2D eigenvalue weighted by Gasteiger charge is 2.16. The summed E-state index contributed by atoms with van der Waals surface area (Å²) in [5.41, 5.74) is 1.13. The summed E-state index contributed by atoms with van der Waals surface area (Å²) >= 11 is 0. The van der Waals surface area contributed by atoms with Gasteiger partial charge < -0.3 is 9.42 Å². The molecule has 5 heteroatoms. The highest BCUT2D eigenvalue weighted by Crippen LogP contribution is 2.11. The van der Waals surface area contributed by atoms with Gasteiger partial charge in [-0.2, -0.15) is 0 Å². The maximum Gasteiger partial charge on any atom is 0.209 e. The number of aromatic nitrogens is 1. The first kappa shape index (κ1) is 10.2. The monoisotopic (exact) mass is 209 g/mol. The fourth-order valence-corrected chi connectivity index (χ4v) is 1.74. The van der Waals surface area contributed by atoms with Crippen molar-refractivity contribution in [2.45, 2.75) is 13.5 Å². The molecule has 2 rings (SSSR count). The number of hydrogen-bond donors (Lipinski definition) is 0. The van der Waals surface area contributed by atoms with Gasteiger partial charge in [0, 0.05) is 38.3 Å². The summed E-state index contributed by atoms with van der Waals surface area (Å²) in [6.45, 7) is 6.25. The average Bonchev–Trinajstić information content (AvgIpc) is 2.66. The molecule has 5 nitrogen and oxygen atoms in total. The molecule has 0 bridgehead atoms. The molecular weight excluding hydrogens is 194 g/mol. The summed E-state index contributed by atoms with van der Waals surface area (Å²) < 4.78 is 5.01. The summed E-state index contributed by atoms with van der Waals surface area (Å²) in [4.78, 5) is 14.6. The Labute approximate surface area is 88.6 Å². The van der Waals surface area contributed by atoms with Crippen LogP contribution in [0.4, 0.5) is 0 Å². The van der Waals surface area contributed by atoms with Crippen LogP contribution in [0.1, 0.15) is 11.3 Å². The molecule has 1 saturated heterocycles. The molecule has 1 aliphatic heterocycles. The van der Waals surface area contributed by atoms with Gasteiger partial charge >= 0.3 is 0 Å². The second-order valence-corrected chi connectivity index (χ2v) is 3.82. The minimum atomic E-state index is 0.813. The van der Waals surface area contributed by atoms with Crippen molar-refractivity contribution in [3.8, 4) is 0 Å². The molecule has 0 spiro atoms. The molecule has 15 heavy (non-hydrogen) atoms. The van der Waals surface area contributed by atoms with Gasteiger partial charge in [-0.1, -0.05) is 5.16 Å². The predicted octanol–water partition coefficient (Wildman–Crippen LogP) is 0.257. The van der Waals surface area contributed by atoms with Crippen molar-refractivity contribution < 1.29 is 9.32 Å². The number of hydrogen-bond acceptors (Lipinski definition) is 4. The Kier molecular flexibility index (Phi) is 3.01. The lowest BCUT2D eigenvalue weighted by molar-refractivity contribution is -0.119. The van der Waals surface area contributed by atoms with E-state index in [0.29, 0.717) is 0 Å². The summed E-state index contributed by atoms with van der Waals surface area (Å²) in [7, 11) is 0. The van der Waals surface area contributed by atoms with Crippen LogP contribution < -0.4 is 0 Å². The molecule has 1 aliphatic rings. The highest BCUT2D eigenvalue weighted by atomic mass is 16.5. The Morgan fingerprint density at radius 1 is 1.47 bits per heavy atom. The van der Waals surface area contributed by atoms with E-state index in [1.807, 2.05) is 6.92 Å². The lowest BCUT2D eigenvalue weighted by Crippen LogP contribution is -2.45. The average molecular weight is 209 g/mol. The van der Waals surface area contributed by atoms with Gasteiger partial charge in [-0.15, -0.1) is 0 Å². The zero-order valence-corrected chi connectivity index (χ0v) is 8.85. The molecule has 0 atom stereocenters. The summed E-state index contributed by atoms with van der Waals surface area (Å²) in [5, 5.41) is 3.75. The molecule has 0 N–H and O–H groups in total. The first-order valence-corrected chi connectivity index (χ1v) is 5.11. The third-order valence-electron chi connectivity index (χ3n) is 2.80. The largest absolute Gasteiger partial charge is 0.361 e. The number of aryl methyl sites for hydroxylation is 1. The van der Waals surface area contributed by atoms with E-state index in [9.17, 15) is 4.79 Å². The molecule has 1 amide bonds. The van der Waals surface area contributed by atoms with Crippen molar-refractivity contribution in [2.75, 3.05) is 26.2 Å². The zero-order chi connectivity index (χ0) is 10.7. The van der Waals surface area contributed by atoms with E-state index in [1.54, 1.807) is 11.1 Å². The molecule has 1 aromatic heterocycles. The van der Waals surface area contributed by atoms with Gasteiger partial charge in [0.2, 0.25) is 6.41 Å². The normalized spacial score (nSPS) is 18.1.